The highest BCUT2D eigenvalue weighted by Gasteiger charge is 2.22. The third-order valence-corrected chi connectivity index (χ3v) is 5.10. The monoisotopic (exact) mass is 402 g/mol. The second-order valence-electron chi connectivity index (χ2n) is 8.30. The highest BCUT2D eigenvalue weighted by Crippen LogP contribution is 2.38. The van der Waals surface area contributed by atoms with E-state index in [1.165, 1.54) is 6.33 Å². The molecule has 0 aliphatic heterocycles. The number of ether oxygens (including phenoxy) is 2. The number of nitrogens with zero attached hydrogens (tertiary/aromatic N) is 3. The van der Waals surface area contributed by atoms with Crippen LogP contribution in [0.5, 0.6) is 17.2 Å². The Morgan fingerprint density at radius 1 is 0.933 bits per heavy atom. The zero-order valence-electron chi connectivity index (χ0n) is 17.9. The number of hydrogen-bond acceptors (Lipinski definition) is 5. The summed E-state index contributed by atoms with van der Waals surface area (Å²) in [5.74, 6) is 2.72. The van der Waals surface area contributed by atoms with Crippen LogP contribution >= 0.6 is 0 Å². The molecule has 0 saturated heterocycles. The van der Waals surface area contributed by atoms with E-state index in [2.05, 4.69) is 54.5 Å². The molecule has 0 aliphatic rings. The van der Waals surface area contributed by atoms with Gasteiger partial charge in [-0.3, -0.25) is 0 Å². The molecule has 6 heteroatoms. The molecule has 2 aromatic carbocycles. The summed E-state index contributed by atoms with van der Waals surface area (Å²) in [6, 6.07) is 13.6. The molecule has 2 N–H and O–H groups in total. The molecule has 4 aromatic rings. The van der Waals surface area contributed by atoms with E-state index in [0.29, 0.717) is 5.82 Å². The van der Waals surface area contributed by atoms with E-state index in [9.17, 15) is 0 Å². The number of hydrogen-bond donors (Lipinski definition) is 1. The molecular formula is C24H26N4O2. The summed E-state index contributed by atoms with van der Waals surface area (Å²) in [4.78, 5) is 8.73. The van der Waals surface area contributed by atoms with Crippen molar-refractivity contribution in [3.63, 3.8) is 0 Å². The Bertz CT molecular complexity index is 1220. The predicted molar refractivity (Wildman–Crippen MR) is 120 cm³/mol. The largest absolute Gasteiger partial charge is 0.497 e. The van der Waals surface area contributed by atoms with Gasteiger partial charge in [-0.25, -0.2) is 9.97 Å². The Morgan fingerprint density at radius 3 is 2.37 bits per heavy atom. The molecule has 6 nitrogen and oxygen atoms in total. The minimum absolute atomic E-state index is 0.138. The van der Waals surface area contributed by atoms with Crippen LogP contribution in [0.4, 0.5) is 5.82 Å². The maximum Gasteiger partial charge on any atom is 0.146 e. The highest BCUT2D eigenvalue weighted by molar-refractivity contribution is 6.01. The second-order valence-corrected chi connectivity index (χ2v) is 8.30. The molecular weight excluding hydrogens is 376 g/mol. The molecule has 154 valence electrons. The Morgan fingerprint density at radius 2 is 1.67 bits per heavy atom. The number of nitrogens with two attached hydrogens (primary N) is 1. The van der Waals surface area contributed by atoms with Crippen molar-refractivity contribution in [2.24, 2.45) is 0 Å². The van der Waals surface area contributed by atoms with Gasteiger partial charge in [0.1, 0.15) is 35.0 Å². The van der Waals surface area contributed by atoms with Crippen molar-refractivity contribution in [1.29, 1.82) is 0 Å². The smallest absolute Gasteiger partial charge is 0.146 e. The van der Waals surface area contributed by atoms with Crippen molar-refractivity contribution in [3.05, 3.63) is 60.6 Å². The first-order valence-electron chi connectivity index (χ1n) is 9.83. The number of benzene rings is 2. The summed E-state index contributed by atoms with van der Waals surface area (Å²) in [5.41, 5.74) is 10.1. The van der Waals surface area contributed by atoms with Gasteiger partial charge in [-0.05, 0) is 63.1 Å². The molecule has 0 aliphatic carbocycles. The van der Waals surface area contributed by atoms with Crippen LogP contribution in [0.2, 0.25) is 0 Å². The number of methoxy groups -OCH3 is 1. The molecule has 0 atom stereocenters. The number of nitrogen functional groups attached to an aromatic ring is 1. The summed E-state index contributed by atoms with van der Waals surface area (Å²) in [7, 11) is 1.64. The lowest BCUT2D eigenvalue weighted by molar-refractivity contribution is 0.408. The molecule has 4 rings (SSSR count). The zero-order chi connectivity index (χ0) is 21.5. The van der Waals surface area contributed by atoms with Gasteiger partial charge in [0.2, 0.25) is 0 Å². The quantitative estimate of drug-likeness (QED) is 0.485. The van der Waals surface area contributed by atoms with Gasteiger partial charge < -0.3 is 19.8 Å². The number of anilines is 1. The van der Waals surface area contributed by atoms with Crippen LogP contribution in [0.15, 0.2) is 55.0 Å². The molecule has 0 fully saturated rings. The summed E-state index contributed by atoms with van der Waals surface area (Å²) in [6.45, 7) is 8.50. The molecule has 0 radical (unpaired) electrons. The minimum Gasteiger partial charge on any atom is -0.497 e. The van der Waals surface area contributed by atoms with Crippen LogP contribution in [0.3, 0.4) is 0 Å². The van der Waals surface area contributed by atoms with Gasteiger partial charge in [0.25, 0.3) is 0 Å². The summed E-state index contributed by atoms with van der Waals surface area (Å²) in [6.07, 6.45) is 3.63. The van der Waals surface area contributed by atoms with Crippen LogP contribution in [0, 0.1) is 6.92 Å². The van der Waals surface area contributed by atoms with E-state index < -0.39 is 0 Å². The van der Waals surface area contributed by atoms with Crippen LogP contribution in [0.1, 0.15) is 26.3 Å². The van der Waals surface area contributed by atoms with Crippen molar-refractivity contribution in [3.8, 4) is 28.4 Å². The first-order valence-corrected chi connectivity index (χ1v) is 9.83. The fraction of sp³-hybridized carbons (Fsp3) is 0.250. The maximum absolute atomic E-state index is 6.26. The van der Waals surface area contributed by atoms with Crippen molar-refractivity contribution in [2.75, 3.05) is 12.8 Å². The zero-order valence-corrected chi connectivity index (χ0v) is 17.9. The fourth-order valence-corrected chi connectivity index (χ4v) is 3.60. The van der Waals surface area contributed by atoms with Crippen LogP contribution < -0.4 is 15.2 Å². The lowest BCUT2D eigenvalue weighted by Gasteiger charge is -2.21. The number of fused-ring (bicyclic) bond motifs is 1. The van der Waals surface area contributed by atoms with Gasteiger partial charge in [0, 0.05) is 23.4 Å². The van der Waals surface area contributed by atoms with Crippen molar-refractivity contribution < 1.29 is 9.47 Å². The SMILES string of the molecule is COc1cccc(Oc2ccc(-c3cn(C(C)(C)C)c4ncnc(N)c34)c(C)c2)c1. The van der Waals surface area contributed by atoms with Gasteiger partial charge >= 0.3 is 0 Å². The lowest BCUT2D eigenvalue weighted by atomic mass is 10.0. The van der Waals surface area contributed by atoms with Gasteiger partial charge in [-0.15, -0.1) is 0 Å². The second kappa shape index (κ2) is 7.37. The minimum atomic E-state index is -0.138. The van der Waals surface area contributed by atoms with Crippen molar-refractivity contribution >= 4 is 16.9 Å². The number of aromatic nitrogens is 3. The topological polar surface area (TPSA) is 75.2 Å². The highest BCUT2D eigenvalue weighted by atomic mass is 16.5. The van der Waals surface area contributed by atoms with Gasteiger partial charge in [-0.2, -0.15) is 0 Å². The number of rotatable bonds is 4. The van der Waals surface area contributed by atoms with E-state index in [1.807, 2.05) is 36.4 Å². The van der Waals surface area contributed by atoms with Gasteiger partial charge in [-0.1, -0.05) is 12.1 Å². The molecule has 2 heterocycles. The molecule has 30 heavy (non-hydrogen) atoms. The average Bonchev–Trinajstić information content (AvgIpc) is 3.09. The summed E-state index contributed by atoms with van der Waals surface area (Å²) >= 11 is 0. The maximum atomic E-state index is 6.26. The standard InChI is InChI=1S/C24H26N4O2/c1-15-11-18(30-17-8-6-7-16(12-17)29-5)9-10-19(15)20-13-28(24(2,3)4)23-21(20)22(25)26-14-27-23/h6-14H,1-5H3,(H2,25,26,27). The Kier molecular flexibility index (Phi) is 4.86. The molecule has 0 amide bonds. The molecule has 0 saturated carbocycles. The number of aryl methyl sites for hydroxylation is 1. The molecule has 0 unspecified atom stereocenters. The van der Waals surface area contributed by atoms with Crippen LogP contribution in [0.25, 0.3) is 22.2 Å². The normalized spacial score (nSPS) is 11.6. The Labute approximate surface area is 176 Å². The Balaban J connectivity index is 1.78. The van der Waals surface area contributed by atoms with Crippen molar-refractivity contribution in [2.45, 2.75) is 33.2 Å². The van der Waals surface area contributed by atoms with E-state index in [1.54, 1.807) is 7.11 Å². The van der Waals surface area contributed by atoms with Crippen molar-refractivity contribution in [1.82, 2.24) is 14.5 Å². The first-order chi connectivity index (χ1) is 14.3. The van der Waals surface area contributed by atoms with E-state index >= 15 is 0 Å². The third kappa shape index (κ3) is 3.56. The van der Waals surface area contributed by atoms with Gasteiger partial charge in [0.05, 0.1) is 12.5 Å². The summed E-state index contributed by atoms with van der Waals surface area (Å²) < 4.78 is 13.4. The molecule has 2 aromatic heterocycles. The van der Waals surface area contributed by atoms with E-state index in [0.717, 1.165) is 45.0 Å². The van der Waals surface area contributed by atoms with E-state index in [4.69, 9.17) is 15.2 Å². The van der Waals surface area contributed by atoms with Crippen LogP contribution in [-0.2, 0) is 5.54 Å². The summed E-state index contributed by atoms with van der Waals surface area (Å²) in [5, 5.41) is 0.872. The third-order valence-electron chi connectivity index (χ3n) is 5.10. The van der Waals surface area contributed by atoms with E-state index in [-0.39, 0.29) is 5.54 Å². The average molecular weight is 402 g/mol. The van der Waals surface area contributed by atoms with Gasteiger partial charge in [0.15, 0.2) is 0 Å². The lowest BCUT2D eigenvalue weighted by Crippen LogP contribution is -2.21. The molecule has 0 spiro atoms. The first kappa shape index (κ1) is 19.8. The Hall–Kier alpha value is -3.54. The predicted octanol–water partition coefficient (Wildman–Crippen LogP) is 5.54. The van der Waals surface area contributed by atoms with Crippen LogP contribution in [-0.4, -0.2) is 21.6 Å². The molecule has 0 bridgehead atoms. The fourth-order valence-electron chi connectivity index (χ4n) is 3.60.